The van der Waals surface area contributed by atoms with E-state index in [1.54, 1.807) is 18.6 Å². The van der Waals surface area contributed by atoms with E-state index < -0.39 is 31.1 Å². The maximum atomic E-state index is 10.3. The Hall–Kier alpha value is -2.79. The first kappa shape index (κ1) is 19.5. The highest BCUT2D eigenvalue weighted by Gasteiger charge is 2.44. The Kier molecular flexibility index (Phi) is 5.33. The minimum absolute atomic E-state index is 0.400. The number of anilines is 1. The van der Waals surface area contributed by atoms with Crippen molar-refractivity contribution in [3.05, 3.63) is 42.0 Å². The van der Waals surface area contributed by atoms with Crippen molar-refractivity contribution in [1.82, 2.24) is 19.5 Å². The summed E-state index contributed by atoms with van der Waals surface area (Å²) >= 11 is 0. The Morgan fingerprint density at radius 3 is 2.79 bits per heavy atom. The van der Waals surface area contributed by atoms with Crippen LogP contribution >= 0.6 is 0 Å². The van der Waals surface area contributed by atoms with Gasteiger partial charge in [0.15, 0.2) is 23.2 Å². The number of nitrogens with zero attached hydrogens (tertiary/aromatic N) is 4. The summed E-state index contributed by atoms with van der Waals surface area (Å²) in [5.41, 5.74) is 1.98. The van der Waals surface area contributed by atoms with Crippen LogP contribution in [0.25, 0.3) is 11.2 Å². The number of methoxy groups -OCH3 is 1. The molecule has 1 aliphatic rings. The molecule has 4 atom stereocenters. The van der Waals surface area contributed by atoms with Gasteiger partial charge in [0, 0.05) is 6.54 Å². The van der Waals surface area contributed by atoms with E-state index in [9.17, 15) is 15.3 Å². The number of aliphatic hydroxyl groups excluding tert-OH is 3. The molecule has 0 radical (unpaired) electrons. The third-order valence-electron chi connectivity index (χ3n) is 4.92. The van der Waals surface area contributed by atoms with Crippen molar-refractivity contribution in [2.75, 3.05) is 19.0 Å². The second kappa shape index (κ2) is 7.91. The monoisotopic (exact) mass is 401 g/mol. The van der Waals surface area contributed by atoms with Crippen LogP contribution in [-0.4, -0.2) is 66.9 Å². The highest BCUT2D eigenvalue weighted by Crippen LogP contribution is 2.32. The minimum Gasteiger partial charge on any atom is -0.497 e. The number of aryl methyl sites for hydroxylation is 1. The van der Waals surface area contributed by atoms with Crippen molar-refractivity contribution in [3.63, 3.8) is 0 Å². The van der Waals surface area contributed by atoms with Crippen LogP contribution in [0.2, 0.25) is 0 Å². The zero-order chi connectivity index (χ0) is 20.5. The molecule has 0 unspecified atom stereocenters. The Morgan fingerprint density at radius 1 is 1.24 bits per heavy atom. The van der Waals surface area contributed by atoms with Gasteiger partial charge in [-0.05, 0) is 24.6 Å². The van der Waals surface area contributed by atoms with Crippen molar-refractivity contribution < 1.29 is 24.8 Å². The molecule has 3 aromatic rings. The van der Waals surface area contributed by atoms with Gasteiger partial charge in [-0.1, -0.05) is 12.1 Å². The predicted octanol–water partition coefficient (Wildman–Crippen LogP) is 0.367. The molecule has 0 aliphatic carbocycles. The molecule has 29 heavy (non-hydrogen) atoms. The van der Waals surface area contributed by atoms with Crippen LogP contribution in [0.1, 0.15) is 17.6 Å². The molecule has 3 heterocycles. The summed E-state index contributed by atoms with van der Waals surface area (Å²) in [4.78, 5) is 13.2. The molecule has 10 heteroatoms. The van der Waals surface area contributed by atoms with Gasteiger partial charge in [-0.15, -0.1) is 0 Å². The number of aliphatic hydroxyl groups is 3. The Balaban J connectivity index is 1.63. The molecular formula is C19H23N5O5. The van der Waals surface area contributed by atoms with Gasteiger partial charge in [0.2, 0.25) is 0 Å². The number of hydrogen-bond acceptors (Lipinski definition) is 9. The molecule has 1 fully saturated rings. The molecule has 4 rings (SSSR count). The highest BCUT2D eigenvalue weighted by atomic mass is 16.6. The molecule has 2 aromatic heterocycles. The van der Waals surface area contributed by atoms with E-state index in [4.69, 9.17) is 9.47 Å². The van der Waals surface area contributed by atoms with Crippen molar-refractivity contribution in [3.8, 4) is 5.75 Å². The number of nitrogens with one attached hydrogen (secondary N) is 1. The Labute approximate surface area is 166 Å². The highest BCUT2D eigenvalue weighted by molar-refractivity contribution is 5.83. The molecule has 0 amide bonds. The fraction of sp³-hybridized carbons (Fsp3) is 0.421. The standard InChI is InChI=1S/C19H23N5O5/c1-10-22-17(20-7-11-4-3-5-12(6-11)28-2)14-18(23-10)24(9-21-14)19-16(27)15(26)13(8-25)29-19/h3-6,9,13,15-16,19,25-27H,7-8H2,1-2H3,(H,20,22,23)/t13-,15-,16-,19-/m1/s1. The predicted molar refractivity (Wildman–Crippen MR) is 103 cm³/mol. The van der Waals surface area contributed by atoms with Crippen LogP contribution < -0.4 is 10.1 Å². The van der Waals surface area contributed by atoms with Crippen LogP contribution in [0.5, 0.6) is 5.75 Å². The average Bonchev–Trinajstić information content (AvgIpc) is 3.27. The maximum Gasteiger partial charge on any atom is 0.167 e. The van der Waals surface area contributed by atoms with Crippen LogP contribution in [0, 0.1) is 6.92 Å². The number of aromatic nitrogens is 4. The number of rotatable bonds is 6. The van der Waals surface area contributed by atoms with Crippen molar-refractivity contribution in [1.29, 1.82) is 0 Å². The minimum atomic E-state index is -1.21. The van der Waals surface area contributed by atoms with Crippen molar-refractivity contribution >= 4 is 17.0 Å². The zero-order valence-electron chi connectivity index (χ0n) is 16.1. The van der Waals surface area contributed by atoms with Gasteiger partial charge in [0.1, 0.15) is 29.9 Å². The van der Waals surface area contributed by atoms with Gasteiger partial charge < -0.3 is 30.1 Å². The summed E-state index contributed by atoms with van der Waals surface area (Å²) in [6.07, 6.45) is -2.71. The SMILES string of the molecule is COc1cccc(CNc2nc(C)nc3c2ncn3[C@@H]2O[C@H](CO)[C@@H](O)[C@H]2O)c1. The molecule has 4 N–H and O–H groups in total. The van der Waals surface area contributed by atoms with E-state index in [0.29, 0.717) is 29.4 Å². The largest absolute Gasteiger partial charge is 0.497 e. The van der Waals surface area contributed by atoms with E-state index >= 15 is 0 Å². The zero-order valence-corrected chi connectivity index (χ0v) is 16.1. The third-order valence-corrected chi connectivity index (χ3v) is 4.92. The summed E-state index contributed by atoms with van der Waals surface area (Å²) in [7, 11) is 1.62. The van der Waals surface area contributed by atoms with E-state index in [0.717, 1.165) is 11.3 Å². The lowest BCUT2D eigenvalue weighted by Crippen LogP contribution is -2.33. The fourth-order valence-corrected chi connectivity index (χ4v) is 3.41. The third kappa shape index (κ3) is 3.62. The molecule has 0 saturated carbocycles. The summed E-state index contributed by atoms with van der Waals surface area (Å²) in [5.74, 6) is 1.82. The van der Waals surface area contributed by atoms with E-state index in [1.165, 1.54) is 6.33 Å². The second-order valence-electron chi connectivity index (χ2n) is 6.88. The molecule has 10 nitrogen and oxygen atoms in total. The molecule has 154 valence electrons. The molecule has 0 spiro atoms. The summed E-state index contributed by atoms with van der Waals surface area (Å²) in [6.45, 7) is 1.86. The molecule has 1 aromatic carbocycles. The maximum absolute atomic E-state index is 10.3. The lowest BCUT2D eigenvalue weighted by atomic mass is 10.1. The van der Waals surface area contributed by atoms with Crippen LogP contribution in [0.3, 0.4) is 0 Å². The lowest BCUT2D eigenvalue weighted by molar-refractivity contribution is -0.0511. The smallest absolute Gasteiger partial charge is 0.167 e. The lowest BCUT2D eigenvalue weighted by Gasteiger charge is -2.17. The van der Waals surface area contributed by atoms with Gasteiger partial charge in [-0.3, -0.25) is 4.57 Å². The van der Waals surface area contributed by atoms with Crippen LogP contribution in [0.15, 0.2) is 30.6 Å². The Bertz CT molecular complexity index is 1010. The van der Waals surface area contributed by atoms with Crippen molar-refractivity contribution in [2.24, 2.45) is 0 Å². The molecule has 1 saturated heterocycles. The number of benzene rings is 1. The number of ether oxygens (including phenoxy) is 2. The van der Waals surface area contributed by atoms with Gasteiger partial charge in [-0.2, -0.15) is 0 Å². The number of hydrogen-bond donors (Lipinski definition) is 4. The summed E-state index contributed by atoms with van der Waals surface area (Å²) < 4.78 is 12.4. The fourth-order valence-electron chi connectivity index (χ4n) is 3.41. The topological polar surface area (TPSA) is 135 Å². The van der Waals surface area contributed by atoms with Gasteiger partial charge in [-0.25, -0.2) is 15.0 Å². The molecule has 1 aliphatic heterocycles. The molecular weight excluding hydrogens is 378 g/mol. The van der Waals surface area contributed by atoms with E-state index in [2.05, 4.69) is 20.3 Å². The first-order valence-corrected chi connectivity index (χ1v) is 9.22. The number of imidazole rings is 1. The quantitative estimate of drug-likeness (QED) is 0.462. The number of fused-ring (bicyclic) bond motifs is 1. The van der Waals surface area contributed by atoms with Gasteiger partial charge in [0.25, 0.3) is 0 Å². The van der Waals surface area contributed by atoms with E-state index in [1.807, 2.05) is 24.3 Å². The second-order valence-corrected chi connectivity index (χ2v) is 6.88. The summed E-state index contributed by atoms with van der Waals surface area (Å²) in [5, 5.41) is 32.9. The average molecular weight is 401 g/mol. The first-order chi connectivity index (χ1) is 14.0. The van der Waals surface area contributed by atoms with Crippen molar-refractivity contribution in [2.45, 2.75) is 38.0 Å². The molecule has 0 bridgehead atoms. The Morgan fingerprint density at radius 2 is 2.07 bits per heavy atom. The van der Waals surface area contributed by atoms with Crippen LogP contribution in [-0.2, 0) is 11.3 Å². The van der Waals surface area contributed by atoms with Gasteiger partial charge in [0.05, 0.1) is 20.0 Å². The van der Waals surface area contributed by atoms with Gasteiger partial charge >= 0.3 is 0 Å². The normalized spacial score (nSPS) is 24.2. The summed E-state index contributed by atoms with van der Waals surface area (Å²) in [6, 6.07) is 7.68. The first-order valence-electron chi connectivity index (χ1n) is 9.22. The van der Waals surface area contributed by atoms with E-state index in [-0.39, 0.29) is 0 Å². The van der Waals surface area contributed by atoms with Crippen LogP contribution in [0.4, 0.5) is 5.82 Å².